The molecule has 0 saturated carbocycles. The molecule has 2 N–H and O–H groups in total. The van der Waals surface area contributed by atoms with Gasteiger partial charge in [0.15, 0.2) is 5.69 Å². The Morgan fingerprint density at radius 3 is 2.93 bits per heavy atom. The van der Waals surface area contributed by atoms with Crippen LogP contribution in [0.3, 0.4) is 0 Å². The van der Waals surface area contributed by atoms with E-state index in [2.05, 4.69) is 15.2 Å². The van der Waals surface area contributed by atoms with Crippen molar-refractivity contribution in [3.8, 4) is 11.3 Å². The Bertz CT molecular complexity index is 505. The fraction of sp³-hybridized carbons (Fsp3) is 0.100. The van der Waals surface area contributed by atoms with Crippen LogP contribution in [0.4, 0.5) is 0 Å². The first kappa shape index (κ1) is 9.39. The van der Waals surface area contributed by atoms with Gasteiger partial charge in [-0.15, -0.1) is 0 Å². The van der Waals surface area contributed by atoms with Crippen LogP contribution in [0, 0.1) is 6.92 Å². The lowest BCUT2D eigenvalue weighted by Gasteiger charge is -1.99. The van der Waals surface area contributed by atoms with Crippen molar-refractivity contribution in [1.29, 1.82) is 0 Å². The third-order valence-corrected chi connectivity index (χ3v) is 2.02. The fourth-order valence-corrected chi connectivity index (χ4v) is 1.34. The molecule has 2 aromatic heterocycles. The summed E-state index contributed by atoms with van der Waals surface area (Å²) in [6.07, 6.45) is 1.46. The number of aromatic nitrogens is 3. The maximum atomic E-state index is 10.8. The van der Waals surface area contributed by atoms with Crippen molar-refractivity contribution < 1.29 is 9.90 Å². The molecule has 0 saturated heterocycles. The third kappa shape index (κ3) is 1.71. The summed E-state index contributed by atoms with van der Waals surface area (Å²) in [7, 11) is 0. The van der Waals surface area contributed by atoms with E-state index in [4.69, 9.17) is 5.11 Å². The smallest absolute Gasteiger partial charge is 0.354 e. The van der Waals surface area contributed by atoms with Crippen LogP contribution < -0.4 is 0 Å². The van der Waals surface area contributed by atoms with Crippen molar-refractivity contribution in [2.24, 2.45) is 0 Å². The molecule has 0 aliphatic heterocycles. The summed E-state index contributed by atoms with van der Waals surface area (Å²) >= 11 is 0. The molecule has 0 aliphatic carbocycles. The van der Waals surface area contributed by atoms with E-state index in [9.17, 15) is 4.79 Å². The molecule has 0 unspecified atom stereocenters. The fourth-order valence-electron chi connectivity index (χ4n) is 1.34. The number of nitrogens with zero attached hydrogens (tertiary/aromatic N) is 2. The normalized spacial score (nSPS) is 10.2. The number of aromatic carboxylic acids is 1. The van der Waals surface area contributed by atoms with E-state index >= 15 is 0 Å². The zero-order valence-electron chi connectivity index (χ0n) is 8.06. The summed E-state index contributed by atoms with van der Waals surface area (Å²) in [5.74, 6) is -1.04. The highest BCUT2D eigenvalue weighted by atomic mass is 16.4. The number of carboxylic acids is 1. The molecule has 0 aromatic carbocycles. The van der Waals surface area contributed by atoms with Gasteiger partial charge < -0.3 is 5.11 Å². The van der Waals surface area contributed by atoms with Crippen LogP contribution in [0.15, 0.2) is 24.4 Å². The molecule has 0 spiro atoms. The Hall–Kier alpha value is -2.17. The summed E-state index contributed by atoms with van der Waals surface area (Å²) < 4.78 is 0. The summed E-state index contributed by atoms with van der Waals surface area (Å²) in [6, 6.07) is 5.44. The number of H-pyrrole nitrogens is 1. The van der Waals surface area contributed by atoms with E-state index in [1.165, 1.54) is 6.20 Å². The zero-order chi connectivity index (χ0) is 10.8. The molecule has 2 aromatic rings. The molecule has 5 heteroatoms. The van der Waals surface area contributed by atoms with Crippen molar-refractivity contribution in [2.45, 2.75) is 6.92 Å². The van der Waals surface area contributed by atoms with Crippen LogP contribution in [0.2, 0.25) is 0 Å². The molecule has 0 radical (unpaired) electrons. The van der Waals surface area contributed by atoms with E-state index in [-0.39, 0.29) is 5.69 Å². The minimum absolute atomic E-state index is 0.0631. The third-order valence-electron chi connectivity index (χ3n) is 2.02. The number of aryl methyl sites for hydroxylation is 1. The van der Waals surface area contributed by atoms with Gasteiger partial charge in [-0.1, -0.05) is 6.07 Å². The number of hydrogen-bond acceptors (Lipinski definition) is 3. The second-order valence-corrected chi connectivity index (χ2v) is 3.13. The van der Waals surface area contributed by atoms with Crippen LogP contribution in [0.1, 0.15) is 16.2 Å². The molecule has 0 bridgehead atoms. The molecule has 0 fully saturated rings. The number of nitrogens with one attached hydrogen (secondary N) is 1. The number of hydrogen-bond donors (Lipinski definition) is 2. The van der Waals surface area contributed by atoms with Crippen LogP contribution in [0.25, 0.3) is 11.3 Å². The lowest BCUT2D eigenvalue weighted by Crippen LogP contribution is -1.99. The predicted octanol–water partition coefficient (Wildman–Crippen LogP) is 1.48. The minimum Gasteiger partial charge on any atom is -0.477 e. The van der Waals surface area contributed by atoms with Crippen molar-refractivity contribution in [2.75, 3.05) is 0 Å². The molecule has 15 heavy (non-hydrogen) atoms. The molecule has 2 heterocycles. The maximum absolute atomic E-state index is 10.8. The molecule has 0 aliphatic rings. The lowest BCUT2D eigenvalue weighted by atomic mass is 10.1. The SMILES string of the molecule is Cc1cccc(-c2cn[nH]c2C(=O)O)n1. The highest BCUT2D eigenvalue weighted by Crippen LogP contribution is 2.19. The monoisotopic (exact) mass is 203 g/mol. The Morgan fingerprint density at radius 1 is 1.47 bits per heavy atom. The molecule has 5 nitrogen and oxygen atoms in total. The van der Waals surface area contributed by atoms with Crippen LogP contribution in [-0.4, -0.2) is 26.3 Å². The van der Waals surface area contributed by atoms with Gasteiger partial charge >= 0.3 is 5.97 Å². The second-order valence-electron chi connectivity index (χ2n) is 3.13. The average molecular weight is 203 g/mol. The highest BCUT2D eigenvalue weighted by molar-refractivity contribution is 5.93. The summed E-state index contributed by atoms with van der Waals surface area (Å²) in [5, 5.41) is 15.0. The molecule has 0 atom stereocenters. The van der Waals surface area contributed by atoms with Gasteiger partial charge in [-0.05, 0) is 19.1 Å². The van der Waals surface area contributed by atoms with Gasteiger partial charge in [-0.2, -0.15) is 5.10 Å². The van der Waals surface area contributed by atoms with Crippen LogP contribution >= 0.6 is 0 Å². The standard InChI is InChI=1S/C10H9N3O2/c1-6-3-2-4-8(12-6)7-5-11-13-9(7)10(14)15/h2-5H,1H3,(H,11,13)(H,14,15). The Labute approximate surface area is 85.8 Å². The van der Waals surface area contributed by atoms with E-state index in [0.29, 0.717) is 11.3 Å². The number of pyridine rings is 1. The van der Waals surface area contributed by atoms with Gasteiger partial charge in [0, 0.05) is 5.69 Å². The van der Waals surface area contributed by atoms with Gasteiger partial charge in [-0.3, -0.25) is 10.1 Å². The van der Waals surface area contributed by atoms with Gasteiger partial charge in [0.2, 0.25) is 0 Å². The van der Waals surface area contributed by atoms with Crippen molar-refractivity contribution in [3.63, 3.8) is 0 Å². The zero-order valence-corrected chi connectivity index (χ0v) is 8.06. The van der Waals surface area contributed by atoms with Crippen molar-refractivity contribution in [3.05, 3.63) is 35.8 Å². The van der Waals surface area contributed by atoms with Crippen LogP contribution in [-0.2, 0) is 0 Å². The highest BCUT2D eigenvalue weighted by Gasteiger charge is 2.14. The number of aromatic amines is 1. The Balaban J connectivity index is 2.54. The Kier molecular flexibility index (Phi) is 2.21. The van der Waals surface area contributed by atoms with E-state index in [1.54, 1.807) is 6.07 Å². The first-order chi connectivity index (χ1) is 7.18. The molecule has 0 amide bonds. The van der Waals surface area contributed by atoms with Crippen molar-refractivity contribution in [1.82, 2.24) is 15.2 Å². The minimum atomic E-state index is -1.04. The van der Waals surface area contributed by atoms with E-state index in [1.807, 2.05) is 19.1 Å². The van der Waals surface area contributed by atoms with Gasteiger partial charge in [0.25, 0.3) is 0 Å². The van der Waals surface area contributed by atoms with Crippen LogP contribution in [0.5, 0.6) is 0 Å². The van der Waals surface area contributed by atoms with Crippen molar-refractivity contribution >= 4 is 5.97 Å². The molecule has 2 rings (SSSR count). The first-order valence-corrected chi connectivity index (χ1v) is 4.39. The quantitative estimate of drug-likeness (QED) is 0.774. The largest absolute Gasteiger partial charge is 0.477 e. The summed E-state index contributed by atoms with van der Waals surface area (Å²) in [6.45, 7) is 1.85. The maximum Gasteiger partial charge on any atom is 0.354 e. The number of carbonyl (C=O) groups is 1. The van der Waals surface area contributed by atoms with E-state index < -0.39 is 5.97 Å². The average Bonchev–Trinajstić information content (AvgIpc) is 2.65. The topological polar surface area (TPSA) is 78.9 Å². The number of rotatable bonds is 2. The molecule has 76 valence electrons. The summed E-state index contributed by atoms with van der Waals surface area (Å²) in [5.41, 5.74) is 2.02. The first-order valence-electron chi connectivity index (χ1n) is 4.39. The number of carboxylic acid groups (broad SMARTS) is 1. The predicted molar refractivity (Wildman–Crippen MR) is 53.5 cm³/mol. The second kappa shape index (κ2) is 3.53. The van der Waals surface area contributed by atoms with Gasteiger partial charge in [0.1, 0.15) is 0 Å². The summed E-state index contributed by atoms with van der Waals surface area (Å²) in [4.78, 5) is 15.1. The van der Waals surface area contributed by atoms with E-state index in [0.717, 1.165) is 5.69 Å². The van der Waals surface area contributed by atoms with Gasteiger partial charge in [0.05, 0.1) is 17.5 Å². The molecular formula is C10H9N3O2. The van der Waals surface area contributed by atoms with Gasteiger partial charge in [-0.25, -0.2) is 4.79 Å². The molecular weight excluding hydrogens is 194 g/mol. The Morgan fingerprint density at radius 2 is 2.27 bits per heavy atom. The lowest BCUT2D eigenvalue weighted by molar-refractivity contribution is 0.0691.